The van der Waals surface area contributed by atoms with Crippen LogP contribution >= 0.6 is 39.6 Å². The molecule has 0 saturated carbocycles. The Morgan fingerprint density at radius 1 is 0.833 bits per heavy atom. The van der Waals surface area contributed by atoms with Crippen LogP contribution in [-0.2, 0) is 20.8 Å². The first-order chi connectivity index (χ1) is 11.7. The van der Waals surface area contributed by atoms with Crippen LogP contribution in [0, 0.1) is 3.57 Å². The van der Waals surface area contributed by atoms with Crippen molar-refractivity contribution in [3.63, 3.8) is 0 Å². The zero-order valence-corrected chi connectivity index (χ0v) is 18.9. The molecule has 0 heterocycles. The maximum Gasteiger partial charge on any atom is -0.172 e. The second kappa shape index (κ2) is 11.3. The Balaban J connectivity index is 0.000000217. The summed E-state index contributed by atoms with van der Waals surface area (Å²) in [6, 6.07) is 31.6. The molecule has 4 heteroatoms. The van der Waals surface area contributed by atoms with Gasteiger partial charge in [-0.25, -0.2) is 12.1 Å². The van der Waals surface area contributed by atoms with E-state index in [0.29, 0.717) is 0 Å². The number of fused-ring (bicyclic) bond motifs is 1. The van der Waals surface area contributed by atoms with E-state index in [-0.39, 0.29) is 0 Å². The van der Waals surface area contributed by atoms with E-state index in [0.717, 1.165) is 0 Å². The van der Waals surface area contributed by atoms with Crippen LogP contribution in [0.5, 0.6) is 0 Å². The fourth-order valence-corrected chi connectivity index (χ4v) is 2.64. The van der Waals surface area contributed by atoms with Crippen LogP contribution < -0.4 is 0 Å². The first kappa shape index (κ1) is 19.9. The predicted molar refractivity (Wildman–Crippen MR) is 111 cm³/mol. The van der Waals surface area contributed by atoms with E-state index in [4.69, 9.17) is 17.0 Å². The monoisotopic (exact) mass is 542 g/mol. The van der Waals surface area contributed by atoms with E-state index < -0.39 is 20.8 Å². The van der Waals surface area contributed by atoms with Gasteiger partial charge in [-0.2, -0.15) is 18.2 Å². The first-order valence-electron chi connectivity index (χ1n) is 7.29. The van der Waals surface area contributed by atoms with E-state index in [1.54, 1.807) is 0 Å². The molecule has 0 nitrogen and oxygen atoms in total. The fraction of sp³-hybridized carbons (Fsp3) is 0. The molecule has 0 aliphatic carbocycles. The van der Waals surface area contributed by atoms with Crippen LogP contribution in [-0.4, -0.2) is 0 Å². The summed E-state index contributed by atoms with van der Waals surface area (Å²) in [5, 5.41) is 2.63. The van der Waals surface area contributed by atoms with E-state index in [9.17, 15) is 0 Å². The molecule has 0 atom stereocenters. The summed E-state index contributed by atoms with van der Waals surface area (Å²) in [5.41, 5.74) is 2.59. The van der Waals surface area contributed by atoms with Gasteiger partial charge < -0.3 is 0 Å². The van der Waals surface area contributed by atoms with Crippen LogP contribution in [0.3, 0.4) is 0 Å². The Labute approximate surface area is 175 Å². The Morgan fingerprint density at radius 3 is 2.00 bits per heavy atom. The second-order valence-corrected chi connectivity index (χ2v) is 9.89. The summed E-state index contributed by atoms with van der Waals surface area (Å²) < 4.78 is 1.28. The zero-order valence-electron chi connectivity index (χ0n) is 12.8. The molecule has 0 radical (unpaired) electrons. The Morgan fingerprint density at radius 2 is 1.46 bits per heavy atom. The summed E-state index contributed by atoms with van der Waals surface area (Å²) in [5.74, 6) is 0. The van der Waals surface area contributed by atoms with Crippen LogP contribution in [0.2, 0.25) is 0 Å². The summed E-state index contributed by atoms with van der Waals surface area (Å²) >= 11 is 1.50. The molecular formula is C20H15Cl2IZr. The number of hydrogen-bond acceptors (Lipinski definition) is 0. The SMILES string of the molecule is Ic1ccc(-c2cc3ccccc3[cH-]2)cc1.[Cl][Zr+2][Cl].c1cc[cH-]c1. The van der Waals surface area contributed by atoms with Gasteiger partial charge >= 0.3 is 37.9 Å². The number of halogens is 3. The first-order valence-corrected chi connectivity index (χ1v) is 14.7. The molecule has 0 aliphatic heterocycles. The predicted octanol–water partition coefficient (Wildman–Crippen LogP) is 7.61. The summed E-state index contributed by atoms with van der Waals surface area (Å²) in [4.78, 5) is 0. The minimum Gasteiger partial charge on any atom is -0.214 e. The molecular weight excluding hydrogens is 529 g/mol. The molecule has 4 aromatic rings. The molecule has 0 N–H and O–H groups in total. The Bertz CT molecular complexity index is 770. The number of rotatable bonds is 1. The van der Waals surface area contributed by atoms with Crippen molar-refractivity contribution in [2.24, 2.45) is 0 Å². The molecule has 120 valence electrons. The third kappa shape index (κ3) is 6.48. The van der Waals surface area contributed by atoms with Crippen LogP contribution in [0.15, 0.2) is 91.0 Å². The third-order valence-corrected chi connectivity index (χ3v) is 4.07. The van der Waals surface area contributed by atoms with Crippen molar-refractivity contribution < 1.29 is 20.8 Å². The van der Waals surface area contributed by atoms with Crippen molar-refractivity contribution in [2.75, 3.05) is 0 Å². The van der Waals surface area contributed by atoms with Gasteiger partial charge in [0.1, 0.15) is 0 Å². The fourth-order valence-electron chi connectivity index (χ4n) is 2.28. The minimum atomic E-state index is -0.826. The maximum atomic E-state index is 4.93. The van der Waals surface area contributed by atoms with Crippen molar-refractivity contribution in [1.29, 1.82) is 0 Å². The Hall–Kier alpha value is -0.407. The van der Waals surface area contributed by atoms with Crippen LogP contribution in [0.1, 0.15) is 0 Å². The van der Waals surface area contributed by atoms with Gasteiger partial charge in [0.25, 0.3) is 0 Å². The molecule has 0 amide bonds. The van der Waals surface area contributed by atoms with Crippen molar-refractivity contribution in [3.05, 3.63) is 94.6 Å². The molecule has 0 unspecified atom stereocenters. The third-order valence-electron chi connectivity index (χ3n) is 3.35. The topological polar surface area (TPSA) is 0 Å². The Kier molecular flexibility index (Phi) is 9.34. The molecule has 0 spiro atoms. The molecule has 4 aromatic carbocycles. The number of hydrogen-bond donors (Lipinski definition) is 0. The summed E-state index contributed by atoms with van der Waals surface area (Å²) in [6.07, 6.45) is 0. The average molecular weight is 544 g/mol. The summed E-state index contributed by atoms with van der Waals surface area (Å²) in [7, 11) is 9.87. The van der Waals surface area contributed by atoms with Gasteiger partial charge in [-0.15, -0.1) is 34.5 Å². The van der Waals surface area contributed by atoms with E-state index in [1.807, 2.05) is 30.3 Å². The normalized spacial score (nSPS) is 9.29. The molecule has 0 fully saturated rings. The quantitative estimate of drug-likeness (QED) is 0.171. The van der Waals surface area contributed by atoms with Crippen molar-refractivity contribution >= 4 is 50.4 Å². The van der Waals surface area contributed by atoms with E-state index >= 15 is 0 Å². The molecule has 0 saturated heterocycles. The van der Waals surface area contributed by atoms with Gasteiger partial charge in [0.05, 0.1) is 0 Å². The van der Waals surface area contributed by atoms with E-state index in [1.165, 1.54) is 25.5 Å². The molecule has 24 heavy (non-hydrogen) atoms. The van der Waals surface area contributed by atoms with Gasteiger partial charge in [0.15, 0.2) is 0 Å². The molecule has 4 rings (SSSR count). The van der Waals surface area contributed by atoms with Gasteiger partial charge in [-0.05, 0) is 22.6 Å². The smallest absolute Gasteiger partial charge is 0.172 e. The van der Waals surface area contributed by atoms with Gasteiger partial charge in [-0.3, -0.25) is 0 Å². The minimum absolute atomic E-state index is 0.826. The van der Waals surface area contributed by atoms with Crippen molar-refractivity contribution in [1.82, 2.24) is 0 Å². The van der Waals surface area contributed by atoms with Crippen LogP contribution in [0.25, 0.3) is 21.9 Å². The largest absolute Gasteiger partial charge is 0.214 e. The maximum absolute atomic E-state index is 4.93. The van der Waals surface area contributed by atoms with Gasteiger partial charge in [-0.1, -0.05) is 48.0 Å². The standard InChI is InChI=1S/C15H10I.C5H5.2ClH.Zr/c16-15-7-5-11(6-8-15)14-9-12-3-1-2-4-13(12)10-14;1-2-4-5-3-1;;;/h1-10H;1-5H;2*1H;/q2*-1;;;+4/p-2. The average Bonchev–Trinajstić information content (AvgIpc) is 3.29. The number of benzene rings is 2. The van der Waals surface area contributed by atoms with E-state index in [2.05, 4.69) is 83.3 Å². The van der Waals surface area contributed by atoms with Gasteiger partial charge in [0, 0.05) is 3.57 Å². The van der Waals surface area contributed by atoms with Gasteiger partial charge in [0.2, 0.25) is 0 Å². The van der Waals surface area contributed by atoms with Crippen molar-refractivity contribution in [3.8, 4) is 11.1 Å². The summed E-state index contributed by atoms with van der Waals surface area (Å²) in [6.45, 7) is 0. The molecule has 0 aliphatic rings. The molecule has 0 aromatic heterocycles. The van der Waals surface area contributed by atoms with Crippen LogP contribution in [0.4, 0.5) is 0 Å². The second-order valence-electron chi connectivity index (χ2n) is 4.91. The van der Waals surface area contributed by atoms with Crippen molar-refractivity contribution in [2.45, 2.75) is 0 Å². The molecule has 0 bridgehead atoms. The zero-order chi connectivity index (χ0) is 17.2.